The van der Waals surface area contributed by atoms with E-state index in [1.807, 2.05) is 0 Å². The number of rotatable bonds is 5. The molecule has 0 saturated carbocycles. The molecule has 0 aliphatic carbocycles. The zero-order chi connectivity index (χ0) is 18.8. The van der Waals surface area contributed by atoms with Crippen LogP contribution in [0.25, 0.3) is 0 Å². The number of hydrogen-bond donors (Lipinski definition) is 1. The van der Waals surface area contributed by atoms with E-state index in [9.17, 15) is 9.59 Å². The van der Waals surface area contributed by atoms with E-state index in [1.165, 1.54) is 34.0 Å². The largest absolute Gasteiger partial charge is 0.459 e. The molecule has 0 spiro atoms. The lowest BCUT2D eigenvalue weighted by atomic mass is 10.2. The summed E-state index contributed by atoms with van der Waals surface area (Å²) in [5, 5.41) is 15.0. The number of carbonyl (C=O) groups excluding carboxylic acids is 2. The molecule has 3 aromatic heterocycles. The maximum atomic E-state index is 12.5. The Balaban J connectivity index is 1.36. The average molecular weight is 405 g/mol. The highest BCUT2D eigenvalue weighted by molar-refractivity contribution is 7.99. The Morgan fingerprint density at radius 1 is 1.44 bits per heavy atom. The van der Waals surface area contributed by atoms with Gasteiger partial charge in [0, 0.05) is 24.9 Å². The molecule has 0 atom stereocenters. The fourth-order valence-corrected chi connectivity index (χ4v) is 4.36. The summed E-state index contributed by atoms with van der Waals surface area (Å²) >= 11 is 2.68. The van der Waals surface area contributed by atoms with Gasteiger partial charge in [-0.25, -0.2) is 9.67 Å². The maximum absolute atomic E-state index is 12.5. The van der Waals surface area contributed by atoms with Gasteiger partial charge in [-0.05, 0) is 22.6 Å². The van der Waals surface area contributed by atoms with Gasteiger partial charge >= 0.3 is 0 Å². The van der Waals surface area contributed by atoms with Crippen molar-refractivity contribution < 1.29 is 14.0 Å². The van der Waals surface area contributed by atoms with E-state index in [-0.39, 0.29) is 23.3 Å². The predicted octanol–water partition coefficient (Wildman–Crippen LogP) is 1.19. The van der Waals surface area contributed by atoms with E-state index >= 15 is 0 Å². The second kappa shape index (κ2) is 7.48. The van der Waals surface area contributed by atoms with Crippen LogP contribution in [-0.4, -0.2) is 54.2 Å². The van der Waals surface area contributed by atoms with Crippen LogP contribution in [0.3, 0.4) is 0 Å². The lowest BCUT2D eigenvalue weighted by Gasteiger charge is -2.25. The van der Waals surface area contributed by atoms with Crippen molar-refractivity contribution >= 4 is 40.0 Å². The summed E-state index contributed by atoms with van der Waals surface area (Å²) in [5.41, 5.74) is 0.920. The number of aryl methyl sites for hydroxylation is 1. The normalized spacial score (nSPS) is 13.4. The fourth-order valence-electron chi connectivity index (χ4n) is 2.59. The Morgan fingerprint density at radius 2 is 2.33 bits per heavy atom. The van der Waals surface area contributed by atoms with Gasteiger partial charge in [-0.1, -0.05) is 23.1 Å². The number of carbonyl (C=O) groups is 2. The van der Waals surface area contributed by atoms with Crippen LogP contribution in [0.4, 0.5) is 5.13 Å². The van der Waals surface area contributed by atoms with E-state index < -0.39 is 0 Å². The van der Waals surface area contributed by atoms with Crippen LogP contribution in [-0.2, 0) is 24.8 Å². The fraction of sp³-hybridized carbons (Fsp3) is 0.333. The van der Waals surface area contributed by atoms with Gasteiger partial charge < -0.3 is 9.32 Å². The molecule has 140 valence electrons. The molecular formula is C15H15N7O3S2. The summed E-state index contributed by atoms with van der Waals surface area (Å²) in [5.74, 6) is 0.177. The van der Waals surface area contributed by atoms with Gasteiger partial charge in [0.2, 0.25) is 11.1 Å². The van der Waals surface area contributed by atoms with E-state index in [4.69, 9.17) is 4.42 Å². The number of thiazole rings is 1. The second-order valence-corrected chi connectivity index (χ2v) is 7.79. The van der Waals surface area contributed by atoms with Crippen LogP contribution in [0.2, 0.25) is 0 Å². The number of hydrogen-bond acceptors (Lipinski definition) is 9. The van der Waals surface area contributed by atoms with Crippen molar-refractivity contribution in [3.63, 3.8) is 0 Å². The summed E-state index contributed by atoms with van der Waals surface area (Å²) in [7, 11) is 1.73. The minimum atomic E-state index is -0.340. The second-order valence-electron chi connectivity index (χ2n) is 5.76. The molecule has 0 unspecified atom stereocenters. The summed E-state index contributed by atoms with van der Waals surface area (Å²) in [6.07, 6.45) is 2.10. The first-order valence-corrected chi connectivity index (χ1v) is 9.86. The number of nitrogens with zero attached hydrogens (tertiary/aromatic N) is 6. The first kappa shape index (κ1) is 17.7. The van der Waals surface area contributed by atoms with Crippen molar-refractivity contribution in [2.45, 2.75) is 18.1 Å². The molecule has 1 N–H and O–H groups in total. The molecule has 4 rings (SSSR count). The Hall–Kier alpha value is -2.73. The molecule has 0 bridgehead atoms. The monoisotopic (exact) mass is 405 g/mol. The quantitative estimate of drug-likeness (QED) is 0.629. The van der Waals surface area contributed by atoms with Crippen molar-refractivity contribution in [1.29, 1.82) is 0 Å². The molecule has 0 aromatic carbocycles. The van der Waals surface area contributed by atoms with E-state index in [0.717, 1.165) is 10.6 Å². The van der Waals surface area contributed by atoms with Crippen LogP contribution >= 0.6 is 23.1 Å². The minimum absolute atomic E-state index is 0.0169. The zero-order valence-electron chi connectivity index (χ0n) is 14.3. The summed E-state index contributed by atoms with van der Waals surface area (Å²) < 4.78 is 6.61. The topological polar surface area (TPSA) is 119 Å². The number of nitrogens with one attached hydrogen (secondary N) is 1. The summed E-state index contributed by atoms with van der Waals surface area (Å²) in [6, 6.07) is 3.24. The van der Waals surface area contributed by atoms with Crippen LogP contribution in [0.15, 0.2) is 28.0 Å². The average Bonchev–Trinajstić information content (AvgIpc) is 3.39. The van der Waals surface area contributed by atoms with Gasteiger partial charge in [0.1, 0.15) is 0 Å². The van der Waals surface area contributed by atoms with Crippen LogP contribution in [0.5, 0.6) is 0 Å². The van der Waals surface area contributed by atoms with Crippen molar-refractivity contribution in [3.8, 4) is 0 Å². The third kappa shape index (κ3) is 3.85. The van der Waals surface area contributed by atoms with Crippen molar-refractivity contribution in [2.75, 3.05) is 17.6 Å². The third-order valence-electron chi connectivity index (χ3n) is 3.96. The predicted molar refractivity (Wildman–Crippen MR) is 97.4 cm³/mol. The van der Waals surface area contributed by atoms with E-state index in [1.54, 1.807) is 24.1 Å². The Bertz CT molecular complexity index is 966. The molecule has 12 heteroatoms. The van der Waals surface area contributed by atoms with E-state index in [2.05, 4.69) is 25.8 Å². The first-order chi connectivity index (χ1) is 13.1. The molecule has 0 radical (unpaired) electrons. The molecule has 2 amide bonds. The van der Waals surface area contributed by atoms with Gasteiger partial charge in [0.25, 0.3) is 5.91 Å². The molecule has 0 saturated heterocycles. The summed E-state index contributed by atoms with van der Waals surface area (Å²) in [6.45, 7) is 1.08. The highest BCUT2D eigenvalue weighted by Gasteiger charge is 2.25. The lowest BCUT2D eigenvalue weighted by Crippen LogP contribution is -2.36. The van der Waals surface area contributed by atoms with Crippen LogP contribution in [0, 0.1) is 0 Å². The van der Waals surface area contributed by atoms with Crippen molar-refractivity contribution in [2.24, 2.45) is 7.05 Å². The Kier molecular flexibility index (Phi) is 4.90. The number of thioether (sulfide) groups is 1. The molecule has 4 heterocycles. The Morgan fingerprint density at radius 3 is 3.07 bits per heavy atom. The SMILES string of the molecule is Cn1nnnc1SCC(=O)N1CCc2nc(NC(=O)c3ccco3)sc2C1. The van der Waals surface area contributed by atoms with E-state index in [0.29, 0.717) is 29.8 Å². The number of fused-ring (bicyclic) bond motifs is 1. The number of furan rings is 1. The Labute approximate surface area is 161 Å². The molecule has 0 fully saturated rings. The smallest absolute Gasteiger partial charge is 0.293 e. The number of anilines is 1. The van der Waals surface area contributed by atoms with Gasteiger partial charge in [-0.15, -0.1) is 5.10 Å². The molecular weight excluding hydrogens is 390 g/mol. The van der Waals surface area contributed by atoms with Crippen LogP contribution < -0.4 is 5.32 Å². The third-order valence-corrected chi connectivity index (χ3v) is 5.95. The van der Waals surface area contributed by atoms with Crippen LogP contribution in [0.1, 0.15) is 21.1 Å². The highest BCUT2D eigenvalue weighted by atomic mass is 32.2. The minimum Gasteiger partial charge on any atom is -0.459 e. The highest BCUT2D eigenvalue weighted by Crippen LogP contribution is 2.29. The first-order valence-electron chi connectivity index (χ1n) is 8.06. The number of aromatic nitrogens is 5. The van der Waals surface area contributed by atoms with Gasteiger partial charge in [-0.3, -0.25) is 14.9 Å². The van der Waals surface area contributed by atoms with Gasteiger partial charge in [-0.2, -0.15) is 0 Å². The standard InChI is InChI=1S/C15H15N7O3S2/c1-21-15(18-19-20-21)26-8-12(23)22-5-4-9-11(7-22)27-14(16-9)17-13(24)10-3-2-6-25-10/h2-3,6H,4-5,7-8H2,1H3,(H,16,17,24). The molecule has 27 heavy (non-hydrogen) atoms. The molecule has 3 aromatic rings. The van der Waals surface area contributed by atoms with Gasteiger partial charge in [0.05, 0.1) is 24.3 Å². The molecule has 1 aliphatic heterocycles. The van der Waals surface area contributed by atoms with Gasteiger partial charge in [0.15, 0.2) is 10.9 Å². The van der Waals surface area contributed by atoms with Crippen molar-refractivity contribution in [1.82, 2.24) is 30.1 Å². The van der Waals surface area contributed by atoms with Crippen molar-refractivity contribution in [3.05, 3.63) is 34.7 Å². The number of tetrazole rings is 1. The molecule has 1 aliphatic rings. The lowest BCUT2D eigenvalue weighted by molar-refractivity contribution is -0.129. The molecule has 10 nitrogen and oxygen atoms in total. The summed E-state index contributed by atoms with van der Waals surface area (Å²) in [4.78, 5) is 31.8. The number of amides is 2. The maximum Gasteiger partial charge on any atom is 0.293 e. The zero-order valence-corrected chi connectivity index (χ0v) is 15.9.